The molecular weight excluding hydrogens is 187 g/mol. The van der Waals surface area contributed by atoms with E-state index in [2.05, 4.69) is 10.2 Å². The lowest BCUT2D eigenvalue weighted by molar-refractivity contribution is 0.109. The van der Waals surface area contributed by atoms with E-state index in [0.717, 1.165) is 0 Å². The van der Waals surface area contributed by atoms with Gasteiger partial charge in [-0.3, -0.25) is 4.79 Å². The highest BCUT2D eigenvalue weighted by Gasteiger charge is 2.11. The molecule has 0 bridgehead atoms. The van der Waals surface area contributed by atoms with E-state index in [0.29, 0.717) is 6.29 Å². The van der Waals surface area contributed by atoms with Crippen molar-refractivity contribution in [3.8, 4) is 11.5 Å². The molecule has 0 saturated carbocycles. The van der Waals surface area contributed by atoms with Gasteiger partial charge < -0.3 is 4.42 Å². The van der Waals surface area contributed by atoms with E-state index in [1.807, 2.05) is 0 Å². The third-order valence-electron chi connectivity index (χ3n) is 1.65. The zero-order chi connectivity index (χ0) is 9.97. The van der Waals surface area contributed by atoms with E-state index in [1.165, 1.54) is 12.1 Å². The fourth-order valence-corrected chi connectivity index (χ4v) is 1.03. The monoisotopic (exact) mass is 192 g/mol. The first-order chi connectivity index (χ1) is 6.81. The van der Waals surface area contributed by atoms with E-state index in [1.54, 1.807) is 12.1 Å². The smallest absolute Gasteiger partial charge is 0.280 e. The maximum Gasteiger partial charge on any atom is 0.280 e. The van der Waals surface area contributed by atoms with Crippen LogP contribution in [0.5, 0.6) is 0 Å². The van der Waals surface area contributed by atoms with Crippen molar-refractivity contribution in [1.82, 2.24) is 10.2 Å². The molecule has 1 aromatic carbocycles. The Kier molecular flexibility index (Phi) is 2.06. The average molecular weight is 192 g/mol. The van der Waals surface area contributed by atoms with Crippen LogP contribution in [0.4, 0.5) is 4.39 Å². The molecule has 14 heavy (non-hydrogen) atoms. The third-order valence-corrected chi connectivity index (χ3v) is 1.65. The van der Waals surface area contributed by atoms with Crippen molar-refractivity contribution in [2.45, 2.75) is 0 Å². The Morgan fingerprint density at radius 3 is 2.71 bits per heavy atom. The topological polar surface area (TPSA) is 56.0 Å². The Balaban J connectivity index is 2.49. The average Bonchev–Trinajstić information content (AvgIpc) is 2.67. The molecule has 0 atom stereocenters. The highest BCUT2D eigenvalue weighted by atomic mass is 19.1. The minimum absolute atomic E-state index is 0.00481. The lowest BCUT2D eigenvalue weighted by Crippen LogP contribution is -1.82. The van der Waals surface area contributed by atoms with Crippen molar-refractivity contribution < 1.29 is 13.6 Å². The number of hydrogen-bond donors (Lipinski definition) is 0. The first-order valence-electron chi connectivity index (χ1n) is 3.85. The molecule has 0 aliphatic carbocycles. The van der Waals surface area contributed by atoms with Crippen LogP contribution in [0.2, 0.25) is 0 Å². The summed E-state index contributed by atoms with van der Waals surface area (Å²) in [6.07, 6.45) is 0.414. The molecule has 4 nitrogen and oxygen atoms in total. The molecule has 0 N–H and O–H groups in total. The quantitative estimate of drug-likeness (QED) is 0.679. The standard InChI is InChI=1S/C9H5FN2O2/c10-7-4-2-1-3-6(7)9-12-11-8(5-13)14-9/h1-5H. The number of nitrogens with zero attached hydrogens (tertiary/aromatic N) is 2. The van der Waals surface area contributed by atoms with Gasteiger partial charge in [0.1, 0.15) is 5.82 Å². The van der Waals surface area contributed by atoms with Gasteiger partial charge in [0.15, 0.2) is 0 Å². The molecule has 1 aromatic heterocycles. The van der Waals surface area contributed by atoms with Gasteiger partial charge in [-0.15, -0.1) is 10.2 Å². The summed E-state index contributed by atoms with van der Waals surface area (Å²) in [6.45, 7) is 0. The molecular formula is C9H5FN2O2. The van der Waals surface area contributed by atoms with E-state index in [-0.39, 0.29) is 17.3 Å². The molecule has 0 fully saturated rings. The molecule has 1 heterocycles. The summed E-state index contributed by atoms with van der Waals surface area (Å²) in [5.74, 6) is -0.623. The highest BCUT2D eigenvalue weighted by Crippen LogP contribution is 2.20. The van der Waals surface area contributed by atoms with Crippen molar-refractivity contribution in [2.75, 3.05) is 0 Å². The Morgan fingerprint density at radius 2 is 2.07 bits per heavy atom. The molecule has 70 valence electrons. The lowest BCUT2D eigenvalue weighted by atomic mass is 10.2. The molecule has 0 unspecified atom stereocenters. The van der Waals surface area contributed by atoms with Gasteiger partial charge in [-0.25, -0.2) is 4.39 Å². The van der Waals surface area contributed by atoms with E-state index < -0.39 is 5.82 Å². The van der Waals surface area contributed by atoms with Gasteiger partial charge in [0.05, 0.1) is 5.56 Å². The largest absolute Gasteiger partial charge is 0.414 e. The van der Waals surface area contributed by atoms with Crippen LogP contribution in [-0.4, -0.2) is 16.5 Å². The zero-order valence-corrected chi connectivity index (χ0v) is 6.98. The molecule has 2 rings (SSSR count). The summed E-state index contributed by atoms with van der Waals surface area (Å²) in [7, 11) is 0. The van der Waals surface area contributed by atoms with Gasteiger partial charge in [0.2, 0.25) is 6.29 Å². The van der Waals surface area contributed by atoms with Crippen LogP contribution in [0.15, 0.2) is 28.7 Å². The van der Waals surface area contributed by atoms with Crippen LogP contribution in [0.3, 0.4) is 0 Å². The van der Waals surface area contributed by atoms with Crippen molar-refractivity contribution in [3.63, 3.8) is 0 Å². The number of rotatable bonds is 2. The molecule has 0 aliphatic rings. The van der Waals surface area contributed by atoms with Gasteiger partial charge >= 0.3 is 0 Å². The van der Waals surface area contributed by atoms with Crippen LogP contribution in [-0.2, 0) is 0 Å². The van der Waals surface area contributed by atoms with Crippen LogP contribution in [0.25, 0.3) is 11.5 Å². The van der Waals surface area contributed by atoms with Crippen molar-refractivity contribution >= 4 is 6.29 Å². The molecule has 0 radical (unpaired) electrons. The van der Waals surface area contributed by atoms with E-state index >= 15 is 0 Å². The SMILES string of the molecule is O=Cc1nnc(-c2ccccc2F)o1. The summed E-state index contributed by atoms with van der Waals surface area (Å²) in [4.78, 5) is 10.2. The van der Waals surface area contributed by atoms with Gasteiger partial charge in [0, 0.05) is 0 Å². The third kappa shape index (κ3) is 1.39. The van der Waals surface area contributed by atoms with Gasteiger partial charge in [0.25, 0.3) is 11.8 Å². The summed E-state index contributed by atoms with van der Waals surface area (Å²) >= 11 is 0. The number of carbonyl (C=O) groups excluding carboxylic acids is 1. The molecule has 0 saturated heterocycles. The fourth-order valence-electron chi connectivity index (χ4n) is 1.03. The number of benzene rings is 1. The Morgan fingerprint density at radius 1 is 1.29 bits per heavy atom. The maximum absolute atomic E-state index is 13.2. The Hall–Kier alpha value is -2.04. The fraction of sp³-hybridized carbons (Fsp3) is 0. The minimum atomic E-state index is -0.464. The summed E-state index contributed by atoms with van der Waals surface area (Å²) in [5.41, 5.74) is 0.188. The van der Waals surface area contributed by atoms with Crippen LogP contribution in [0.1, 0.15) is 10.7 Å². The summed E-state index contributed by atoms with van der Waals surface area (Å²) in [6, 6.07) is 5.97. The normalized spacial score (nSPS) is 10.1. The van der Waals surface area contributed by atoms with Gasteiger partial charge in [-0.1, -0.05) is 12.1 Å². The molecule has 5 heteroatoms. The van der Waals surface area contributed by atoms with E-state index in [4.69, 9.17) is 4.42 Å². The number of hydrogen-bond acceptors (Lipinski definition) is 4. The number of aldehydes is 1. The number of aromatic nitrogens is 2. The maximum atomic E-state index is 13.2. The van der Waals surface area contributed by atoms with Crippen LogP contribution >= 0.6 is 0 Å². The first kappa shape index (κ1) is 8.55. The van der Waals surface area contributed by atoms with Crippen molar-refractivity contribution in [1.29, 1.82) is 0 Å². The van der Waals surface area contributed by atoms with E-state index in [9.17, 15) is 9.18 Å². The number of halogens is 1. The van der Waals surface area contributed by atoms with Crippen molar-refractivity contribution in [2.24, 2.45) is 0 Å². The molecule has 0 amide bonds. The lowest BCUT2D eigenvalue weighted by Gasteiger charge is -1.94. The van der Waals surface area contributed by atoms with Crippen molar-refractivity contribution in [3.05, 3.63) is 36.0 Å². The summed E-state index contributed by atoms with van der Waals surface area (Å²) < 4.78 is 18.0. The Bertz CT molecular complexity index is 467. The molecule has 0 aliphatic heterocycles. The zero-order valence-electron chi connectivity index (χ0n) is 6.98. The second-order valence-corrected chi connectivity index (χ2v) is 2.54. The van der Waals surface area contributed by atoms with Gasteiger partial charge in [-0.2, -0.15) is 0 Å². The minimum Gasteiger partial charge on any atom is -0.414 e. The second-order valence-electron chi connectivity index (χ2n) is 2.54. The molecule has 2 aromatic rings. The second kappa shape index (κ2) is 3.37. The van der Waals surface area contributed by atoms with Gasteiger partial charge in [-0.05, 0) is 12.1 Å². The highest BCUT2D eigenvalue weighted by molar-refractivity contribution is 5.68. The van der Waals surface area contributed by atoms with Crippen LogP contribution in [0, 0.1) is 5.82 Å². The Labute approximate surface area is 78.4 Å². The summed E-state index contributed by atoms with van der Waals surface area (Å²) in [5, 5.41) is 6.93. The van der Waals surface area contributed by atoms with Crippen LogP contribution < -0.4 is 0 Å². The first-order valence-corrected chi connectivity index (χ1v) is 3.85. The number of carbonyl (C=O) groups is 1. The molecule has 0 spiro atoms. The predicted molar refractivity (Wildman–Crippen MR) is 45.1 cm³/mol. The predicted octanol–water partition coefficient (Wildman–Crippen LogP) is 1.69.